The van der Waals surface area contributed by atoms with Crippen LogP contribution >= 0.6 is 15.9 Å². The summed E-state index contributed by atoms with van der Waals surface area (Å²) < 4.78 is 16.3. The Morgan fingerprint density at radius 3 is 2.54 bits per heavy atom. The first-order valence-corrected chi connectivity index (χ1v) is 9.02. The summed E-state index contributed by atoms with van der Waals surface area (Å²) in [6, 6.07) is 9.97. The molecule has 0 unspecified atom stereocenters. The molecule has 0 saturated heterocycles. The lowest BCUT2D eigenvalue weighted by Gasteiger charge is -2.12. The van der Waals surface area contributed by atoms with Gasteiger partial charge < -0.3 is 19.3 Å². The van der Waals surface area contributed by atoms with Gasteiger partial charge in [0.25, 0.3) is 5.91 Å². The van der Waals surface area contributed by atoms with E-state index < -0.39 is 12.6 Å². The van der Waals surface area contributed by atoms with Gasteiger partial charge in [0.05, 0.1) is 24.4 Å². The lowest BCUT2D eigenvalue weighted by molar-refractivity contribution is -0.139. The molecule has 2 aromatic carbocycles. The van der Waals surface area contributed by atoms with Gasteiger partial charge in [-0.05, 0) is 64.8 Å². The summed E-state index contributed by atoms with van der Waals surface area (Å²) in [4.78, 5) is 22.8. The summed E-state index contributed by atoms with van der Waals surface area (Å²) in [5.74, 6) is -0.191. The molecule has 0 aliphatic heterocycles. The number of ether oxygens (including phenoxy) is 3. The van der Waals surface area contributed by atoms with Crippen molar-refractivity contribution in [2.45, 2.75) is 6.92 Å². The molecule has 0 aromatic heterocycles. The Hall–Kier alpha value is -3.07. The number of carboxylic acid groups (broad SMARTS) is 1. The molecule has 0 bridgehead atoms. The van der Waals surface area contributed by atoms with Crippen LogP contribution in [0.25, 0.3) is 0 Å². The second kappa shape index (κ2) is 10.3. The molecule has 148 valence electrons. The van der Waals surface area contributed by atoms with Crippen LogP contribution < -0.4 is 19.6 Å². The Morgan fingerprint density at radius 1 is 1.21 bits per heavy atom. The van der Waals surface area contributed by atoms with E-state index in [0.717, 1.165) is 0 Å². The van der Waals surface area contributed by atoms with E-state index in [1.807, 2.05) is 6.92 Å². The molecule has 8 nitrogen and oxygen atoms in total. The van der Waals surface area contributed by atoms with Crippen molar-refractivity contribution in [3.8, 4) is 17.2 Å². The van der Waals surface area contributed by atoms with E-state index >= 15 is 0 Å². The third-order valence-corrected chi connectivity index (χ3v) is 3.99. The Bertz CT molecular complexity index is 867. The fourth-order valence-corrected chi connectivity index (χ4v) is 2.76. The van der Waals surface area contributed by atoms with Gasteiger partial charge in [0, 0.05) is 5.56 Å². The van der Waals surface area contributed by atoms with E-state index in [0.29, 0.717) is 33.7 Å². The van der Waals surface area contributed by atoms with E-state index in [1.165, 1.54) is 13.3 Å². The van der Waals surface area contributed by atoms with Crippen molar-refractivity contribution >= 4 is 34.0 Å². The van der Waals surface area contributed by atoms with Crippen LogP contribution in [0.5, 0.6) is 17.2 Å². The summed E-state index contributed by atoms with van der Waals surface area (Å²) in [6.45, 7) is 1.93. The number of halogens is 1. The van der Waals surface area contributed by atoms with Crippen LogP contribution in [-0.2, 0) is 4.79 Å². The number of methoxy groups -OCH3 is 1. The maximum atomic E-state index is 12.1. The van der Waals surface area contributed by atoms with Crippen molar-refractivity contribution in [3.63, 3.8) is 0 Å². The number of hydrogen-bond acceptors (Lipinski definition) is 6. The first kappa shape index (κ1) is 21.2. The van der Waals surface area contributed by atoms with Gasteiger partial charge >= 0.3 is 5.97 Å². The van der Waals surface area contributed by atoms with Crippen LogP contribution in [0.2, 0.25) is 0 Å². The molecule has 0 saturated carbocycles. The first-order valence-electron chi connectivity index (χ1n) is 8.23. The summed E-state index contributed by atoms with van der Waals surface area (Å²) in [5.41, 5.74) is 3.49. The molecule has 9 heteroatoms. The van der Waals surface area contributed by atoms with Gasteiger partial charge in [-0.2, -0.15) is 5.10 Å². The molecular weight excluding hydrogens is 432 g/mol. The average Bonchev–Trinajstić information content (AvgIpc) is 2.67. The molecule has 0 radical (unpaired) electrons. The van der Waals surface area contributed by atoms with Crippen LogP contribution in [0.1, 0.15) is 22.8 Å². The monoisotopic (exact) mass is 450 g/mol. The molecule has 0 fully saturated rings. The minimum atomic E-state index is -1.10. The van der Waals surface area contributed by atoms with Crippen molar-refractivity contribution in [1.82, 2.24) is 5.43 Å². The predicted molar refractivity (Wildman–Crippen MR) is 106 cm³/mol. The van der Waals surface area contributed by atoms with Crippen LogP contribution in [-0.4, -0.2) is 43.5 Å². The highest BCUT2D eigenvalue weighted by atomic mass is 79.9. The Labute approximate surface area is 170 Å². The first-order chi connectivity index (χ1) is 13.4. The fourth-order valence-electron chi connectivity index (χ4n) is 2.19. The molecule has 0 aliphatic rings. The van der Waals surface area contributed by atoms with Crippen molar-refractivity contribution in [1.29, 1.82) is 0 Å². The molecule has 2 N–H and O–H groups in total. The highest BCUT2D eigenvalue weighted by Crippen LogP contribution is 2.36. The molecule has 2 aromatic rings. The molecule has 0 spiro atoms. The van der Waals surface area contributed by atoms with Gasteiger partial charge in [-0.25, -0.2) is 10.2 Å². The number of nitrogens with one attached hydrogen (secondary N) is 1. The highest BCUT2D eigenvalue weighted by molar-refractivity contribution is 9.10. The number of carbonyl (C=O) groups is 2. The number of hydrazone groups is 1. The largest absolute Gasteiger partial charge is 0.494 e. The van der Waals surface area contributed by atoms with E-state index in [4.69, 9.17) is 19.3 Å². The van der Waals surface area contributed by atoms with Crippen molar-refractivity contribution in [3.05, 3.63) is 52.0 Å². The predicted octanol–water partition coefficient (Wildman–Crippen LogP) is 3.08. The summed E-state index contributed by atoms with van der Waals surface area (Å²) in [7, 11) is 1.43. The topological polar surface area (TPSA) is 106 Å². The number of rotatable bonds is 9. The van der Waals surface area contributed by atoms with Crippen LogP contribution in [0.4, 0.5) is 0 Å². The quantitative estimate of drug-likeness (QED) is 0.449. The van der Waals surface area contributed by atoms with Gasteiger partial charge in [-0.15, -0.1) is 0 Å². The van der Waals surface area contributed by atoms with Gasteiger partial charge in [-0.1, -0.05) is 0 Å². The highest BCUT2D eigenvalue weighted by Gasteiger charge is 2.13. The van der Waals surface area contributed by atoms with Gasteiger partial charge in [0.1, 0.15) is 5.75 Å². The number of aliphatic carboxylic acids is 1. The number of nitrogens with zero attached hydrogens (tertiary/aromatic N) is 1. The number of benzene rings is 2. The second-order valence-corrected chi connectivity index (χ2v) is 6.23. The summed E-state index contributed by atoms with van der Waals surface area (Å²) >= 11 is 3.31. The smallest absolute Gasteiger partial charge is 0.341 e. The minimum Gasteiger partial charge on any atom is -0.494 e. The zero-order valence-electron chi connectivity index (χ0n) is 15.3. The lowest BCUT2D eigenvalue weighted by atomic mass is 10.2. The lowest BCUT2D eigenvalue weighted by Crippen LogP contribution is -2.17. The summed E-state index contributed by atoms with van der Waals surface area (Å²) in [6.07, 6.45) is 1.43. The molecule has 0 atom stereocenters. The van der Waals surface area contributed by atoms with Crippen LogP contribution in [0.15, 0.2) is 46.0 Å². The third-order valence-electron chi connectivity index (χ3n) is 3.40. The number of amides is 1. The molecule has 0 heterocycles. The summed E-state index contributed by atoms with van der Waals surface area (Å²) in [5, 5.41) is 12.7. The second-order valence-electron chi connectivity index (χ2n) is 5.37. The minimum absolute atomic E-state index is 0.264. The van der Waals surface area contributed by atoms with Crippen LogP contribution in [0, 0.1) is 0 Å². The van der Waals surface area contributed by atoms with Crippen molar-refractivity contribution in [2.24, 2.45) is 5.10 Å². The number of carbonyl (C=O) groups excluding carboxylic acids is 1. The maximum Gasteiger partial charge on any atom is 0.341 e. The van der Waals surface area contributed by atoms with E-state index in [-0.39, 0.29) is 11.7 Å². The Balaban J connectivity index is 2.05. The van der Waals surface area contributed by atoms with E-state index in [2.05, 4.69) is 26.5 Å². The van der Waals surface area contributed by atoms with Crippen molar-refractivity contribution in [2.75, 3.05) is 20.3 Å². The maximum absolute atomic E-state index is 12.1. The molecule has 1 amide bonds. The Kier molecular flexibility index (Phi) is 7.82. The van der Waals surface area contributed by atoms with Crippen molar-refractivity contribution < 1.29 is 28.9 Å². The van der Waals surface area contributed by atoms with Gasteiger partial charge in [-0.3, -0.25) is 4.79 Å². The average molecular weight is 451 g/mol. The zero-order valence-corrected chi connectivity index (χ0v) is 16.9. The fraction of sp³-hybridized carbons (Fsp3) is 0.211. The van der Waals surface area contributed by atoms with Crippen LogP contribution in [0.3, 0.4) is 0 Å². The Morgan fingerprint density at radius 2 is 1.93 bits per heavy atom. The molecule has 28 heavy (non-hydrogen) atoms. The third kappa shape index (κ3) is 5.98. The molecule has 0 aliphatic carbocycles. The van der Waals surface area contributed by atoms with E-state index in [1.54, 1.807) is 36.4 Å². The van der Waals surface area contributed by atoms with E-state index in [9.17, 15) is 9.59 Å². The zero-order chi connectivity index (χ0) is 20.5. The van der Waals surface area contributed by atoms with Gasteiger partial charge in [0.2, 0.25) is 0 Å². The molecule has 2 rings (SSSR count). The number of hydrogen-bond donors (Lipinski definition) is 2. The number of carboxylic acids is 1. The molecular formula is C19H19BrN2O6. The van der Waals surface area contributed by atoms with Gasteiger partial charge in [0.15, 0.2) is 18.1 Å². The standard InChI is InChI=1S/C19H19BrN2O6/c1-3-27-14-6-4-13(5-7-14)19(25)22-21-10-12-8-15(20)18(16(9-12)26-2)28-11-17(23)24/h4-10H,3,11H2,1-2H3,(H,22,25)(H,23,24)/b21-10+. The normalized spacial score (nSPS) is 10.5. The SMILES string of the molecule is CCOc1ccc(C(=O)N/N=C/c2cc(Br)c(OCC(=O)O)c(OC)c2)cc1.